The van der Waals surface area contributed by atoms with Gasteiger partial charge in [-0.25, -0.2) is 0 Å². The summed E-state index contributed by atoms with van der Waals surface area (Å²) in [5.74, 6) is 1.33. The van der Waals surface area contributed by atoms with Crippen LogP contribution in [0.5, 0.6) is 11.5 Å². The predicted molar refractivity (Wildman–Crippen MR) is 99.8 cm³/mol. The first-order valence-electron chi connectivity index (χ1n) is 8.64. The molecule has 27 heavy (non-hydrogen) atoms. The monoisotopic (exact) mass is 370 g/mol. The smallest absolute Gasteiger partial charge is 0.289 e. The van der Waals surface area contributed by atoms with E-state index in [-0.39, 0.29) is 11.8 Å². The van der Waals surface area contributed by atoms with E-state index in [1.165, 1.54) is 12.3 Å². The van der Waals surface area contributed by atoms with Gasteiger partial charge in [0.2, 0.25) is 5.91 Å². The van der Waals surface area contributed by atoms with Gasteiger partial charge < -0.3 is 23.7 Å². The van der Waals surface area contributed by atoms with Crippen LogP contribution in [0.1, 0.15) is 16.1 Å². The van der Waals surface area contributed by atoms with Crippen molar-refractivity contribution < 1.29 is 23.5 Å². The van der Waals surface area contributed by atoms with E-state index < -0.39 is 0 Å². The Morgan fingerprint density at radius 2 is 1.70 bits per heavy atom. The number of benzene rings is 1. The second-order valence-electron chi connectivity index (χ2n) is 6.04. The quantitative estimate of drug-likeness (QED) is 0.755. The van der Waals surface area contributed by atoms with Gasteiger partial charge in [0.25, 0.3) is 5.91 Å². The predicted octanol–water partition coefficient (Wildman–Crippen LogP) is 2.29. The molecule has 0 saturated carbocycles. The SMILES string of the molecule is COc1ccc(/C=C/C(=O)N2CCN(C(=O)c3ccco3)CC2)cc1OC. The van der Waals surface area contributed by atoms with Crippen LogP contribution in [0.25, 0.3) is 6.08 Å². The van der Waals surface area contributed by atoms with Gasteiger partial charge in [-0.3, -0.25) is 9.59 Å². The molecular formula is C20H22N2O5. The largest absolute Gasteiger partial charge is 0.493 e. The molecular weight excluding hydrogens is 348 g/mol. The van der Waals surface area contributed by atoms with Crippen molar-refractivity contribution in [3.05, 3.63) is 54.0 Å². The summed E-state index contributed by atoms with van der Waals surface area (Å²) < 4.78 is 15.6. The molecule has 0 radical (unpaired) electrons. The molecule has 2 heterocycles. The normalized spacial score (nSPS) is 14.4. The number of amides is 2. The minimum absolute atomic E-state index is 0.0881. The average Bonchev–Trinajstić information content (AvgIpc) is 3.26. The summed E-state index contributed by atoms with van der Waals surface area (Å²) in [6.45, 7) is 1.94. The van der Waals surface area contributed by atoms with Gasteiger partial charge in [0.05, 0.1) is 20.5 Å². The number of piperazine rings is 1. The maximum absolute atomic E-state index is 12.4. The lowest BCUT2D eigenvalue weighted by Gasteiger charge is -2.33. The zero-order chi connectivity index (χ0) is 19.2. The van der Waals surface area contributed by atoms with Crippen LogP contribution in [0.4, 0.5) is 0 Å². The van der Waals surface area contributed by atoms with Gasteiger partial charge in [-0.2, -0.15) is 0 Å². The first-order valence-corrected chi connectivity index (χ1v) is 8.64. The summed E-state index contributed by atoms with van der Waals surface area (Å²) in [6, 6.07) is 8.79. The van der Waals surface area contributed by atoms with E-state index in [0.29, 0.717) is 43.4 Å². The molecule has 142 valence electrons. The van der Waals surface area contributed by atoms with Crippen LogP contribution in [0.3, 0.4) is 0 Å². The summed E-state index contributed by atoms with van der Waals surface area (Å²) in [5, 5.41) is 0. The summed E-state index contributed by atoms with van der Waals surface area (Å²) in [7, 11) is 3.15. The molecule has 1 aromatic heterocycles. The van der Waals surface area contributed by atoms with Crippen molar-refractivity contribution in [2.24, 2.45) is 0 Å². The molecule has 7 nitrogen and oxygen atoms in total. The summed E-state index contributed by atoms with van der Waals surface area (Å²) in [4.78, 5) is 28.1. The zero-order valence-corrected chi connectivity index (χ0v) is 15.4. The van der Waals surface area contributed by atoms with Crippen molar-refractivity contribution in [2.45, 2.75) is 0 Å². The third-order valence-electron chi connectivity index (χ3n) is 4.44. The van der Waals surface area contributed by atoms with Crippen LogP contribution in [0.2, 0.25) is 0 Å². The Labute approximate surface area is 157 Å². The van der Waals surface area contributed by atoms with Crippen LogP contribution >= 0.6 is 0 Å². The lowest BCUT2D eigenvalue weighted by molar-refractivity contribution is -0.127. The van der Waals surface area contributed by atoms with Crippen molar-refractivity contribution in [3.8, 4) is 11.5 Å². The number of hydrogen-bond donors (Lipinski definition) is 0. The van der Waals surface area contributed by atoms with E-state index >= 15 is 0 Å². The van der Waals surface area contributed by atoms with E-state index in [0.717, 1.165) is 5.56 Å². The molecule has 2 aromatic rings. The summed E-state index contributed by atoms with van der Waals surface area (Å²) >= 11 is 0. The number of rotatable bonds is 5. The fraction of sp³-hybridized carbons (Fsp3) is 0.300. The molecule has 0 spiro atoms. The highest BCUT2D eigenvalue weighted by Gasteiger charge is 2.25. The van der Waals surface area contributed by atoms with Gasteiger partial charge in [-0.05, 0) is 35.9 Å². The molecule has 2 amide bonds. The molecule has 0 bridgehead atoms. The minimum Gasteiger partial charge on any atom is -0.493 e. The van der Waals surface area contributed by atoms with Gasteiger partial charge >= 0.3 is 0 Å². The molecule has 0 unspecified atom stereocenters. The van der Waals surface area contributed by atoms with E-state index in [2.05, 4.69) is 0 Å². The Balaban J connectivity index is 1.56. The zero-order valence-electron chi connectivity index (χ0n) is 15.4. The Hall–Kier alpha value is -3.22. The second kappa shape index (κ2) is 8.44. The molecule has 0 atom stereocenters. The van der Waals surface area contributed by atoms with Gasteiger partial charge in [-0.15, -0.1) is 0 Å². The fourth-order valence-electron chi connectivity index (χ4n) is 2.92. The number of hydrogen-bond acceptors (Lipinski definition) is 5. The van der Waals surface area contributed by atoms with Crippen LogP contribution in [-0.4, -0.2) is 62.0 Å². The van der Waals surface area contributed by atoms with Crippen LogP contribution in [0, 0.1) is 0 Å². The van der Waals surface area contributed by atoms with Crippen molar-refractivity contribution in [3.63, 3.8) is 0 Å². The van der Waals surface area contributed by atoms with E-state index in [9.17, 15) is 9.59 Å². The molecule has 3 rings (SSSR count). The topological polar surface area (TPSA) is 72.2 Å². The Bertz CT molecular complexity index is 821. The van der Waals surface area contributed by atoms with Crippen molar-refractivity contribution in [2.75, 3.05) is 40.4 Å². The number of carbonyl (C=O) groups excluding carboxylic acids is 2. The number of methoxy groups -OCH3 is 2. The molecule has 7 heteroatoms. The van der Waals surface area contributed by atoms with Crippen molar-refractivity contribution in [1.29, 1.82) is 0 Å². The van der Waals surface area contributed by atoms with Crippen LogP contribution in [0.15, 0.2) is 47.1 Å². The Morgan fingerprint density at radius 3 is 2.33 bits per heavy atom. The van der Waals surface area contributed by atoms with E-state index in [1.54, 1.807) is 48.3 Å². The van der Waals surface area contributed by atoms with Crippen LogP contribution < -0.4 is 9.47 Å². The second-order valence-corrected chi connectivity index (χ2v) is 6.04. The molecule has 1 aromatic carbocycles. The molecule has 1 aliphatic rings. The van der Waals surface area contributed by atoms with Crippen molar-refractivity contribution in [1.82, 2.24) is 9.80 Å². The number of ether oxygens (including phenoxy) is 2. The van der Waals surface area contributed by atoms with E-state index in [4.69, 9.17) is 13.9 Å². The highest BCUT2D eigenvalue weighted by Crippen LogP contribution is 2.28. The third kappa shape index (κ3) is 4.31. The third-order valence-corrected chi connectivity index (χ3v) is 4.44. The molecule has 1 fully saturated rings. The van der Waals surface area contributed by atoms with Crippen molar-refractivity contribution >= 4 is 17.9 Å². The molecule has 1 aliphatic heterocycles. The summed E-state index contributed by atoms with van der Waals surface area (Å²) in [6.07, 6.45) is 4.75. The highest BCUT2D eigenvalue weighted by atomic mass is 16.5. The number of furan rings is 1. The standard InChI is InChI=1S/C20H22N2O5/c1-25-16-7-5-15(14-18(16)26-2)6-8-19(23)21-9-11-22(12-10-21)20(24)17-4-3-13-27-17/h3-8,13-14H,9-12H2,1-2H3/b8-6+. The molecule has 0 N–H and O–H groups in total. The first kappa shape index (κ1) is 18.6. The minimum atomic E-state index is -0.145. The first-order chi connectivity index (χ1) is 13.1. The van der Waals surface area contributed by atoms with Gasteiger partial charge in [0, 0.05) is 32.3 Å². The average molecular weight is 370 g/mol. The fourth-order valence-corrected chi connectivity index (χ4v) is 2.92. The number of nitrogens with zero attached hydrogens (tertiary/aromatic N) is 2. The lowest BCUT2D eigenvalue weighted by atomic mass is 10.2. The van der Waals surface area contributed by atoms with Gasteiger partial charge in [0.15, 0.2) is 17.3 Å². The van der Waals surface area contributed by atoms with Gasteiger partial charge in [-0.1, -0.05) is 6.07 Å². The highest BCUT2D eigenvalue weighted by molar-refractivity contribution is 5.93. The molecule has 0 aliphatic carbocycles. The Kier molecular flexibility index (Phi) is 5.80. The molecule has 1 saturated heterocycles. The lowest BCUT2D eigenvalue weighted by Crippen LogP contribution is -2.50. The maximum atomic E-state index is 12.4. The number of carbonyl (C=O) groups is 2. The van der Waals surface area contributed by atoms with E-state index in [1.807, 2.05) is 12.1 Å². The maximum Gasteiger partial charge on any atom is 0.289 e. The van der Waals surface area contributed by atoms with Gasteiger partial charge in [0.1, 0.15) is 0 Å². The summed E-state index contributed by atoms with van der Waals surface area (Å²) in [5.41, 5.74) is 0.840. The van der Waals surface area contributed by atoms with Crippen LogP contribution in [-0.2, 0) is 4.79 Å². The Morgan fingerprint density at radius 1 is 1.00 bits per heavy atom.